The Morgan fingerprint density at radius 3 is 2.72 bits per heavy atom. The van der Waals surface area contributed by atoms with E-state index < -0.39 is 17.8 Å². The molecule has 2 aromatic rings. The van der Waals surface area contributed by atoms with Gasteiger partial charge in [0.15, 0.2) is 0 Å². The van der Waals surface area contributed by atoms with Crippen LogP contribution in [-0.4, -0.2) is 43.2 Å². The first kappa shape index (κ1) is 22.1. The van der Waals surface area contributed by atoms with Crippen LogP contribution >= 0.6 is 11.6 Å². The maximum atomic E-state index is 13.2. The van der Waals surface area contributed by atoms with Gasteiger partial charge < -0.3 is 16.0 Å². The van der Waals surface area contributed by atoms with Gasteiger partial charge in [-0.05, 0) is 61.2 Å². The lowest BCUT2D eigenvalue weighted by Crippen LogP contribution is -2.40. The second-order valence-electron chi connectivity index (χ2n) is 8.23. The van der Waals surface area contributed by atoms with Crippen molar-refractivity contribution in [1.82, 2.24) is 5.32 Å². The molecule has 32 heavy (non-hydrogen) atoms. The summed E-state index contributed by atoms with van der Waals surface area (Å²) in [7, 11) is 0. The molecular weight excluding hydrogens is 433 g/mol. The van der Waals surface area contributed by atoms with Gasteiger partial charge in [-0.3, -0.25) is 14.6 Å². The summed E-state index contributed by atoms with van der Waals surface area (Å²) < 4.78 is 13.2. The Kier molecular flexibility index (Phi) is 6.32. The van der Waals surface area contributed by atoms with Gasteiger partial charge in [0.1, 0.15) is 17.6 Å². The van der Waals surface area contributed by atoms with E-state index >= 15 is 0 Å². The number of benzene rings is 2. The highest BCUT2D eigenvalue weighted by Gasteiger charge is 2.35. The van der Waals surface area contributed by atoms with Gasteiger partial charge in [-0.25, -0.2) is 4.39 Å². The predicted molar refractivity (Wildman–Crippen MR) is 123 cm³/mol. The maximum Gasteiger partial charge on any atom is 0.267 e. The first-order valence-electron chi connectivity index (χ1n) is 10.5. The SMILES string of the molecule is Cc1ccc(Cl)cc1N1CCC(CNC(=O)C2=NN(c3ccc(F)cc3)C(C(N)=O)C2)C1. The highest BCUT2D eigenvalue weighted by atomic mass is 35.5. The Morgan fingerprint density at radius 1 is 1.25 bits per heavy atom. The van der Waals surface area contributed by atoms with Crippen molar-refractivity contribution in [3.63, 3.8) is 0 Å². The number of anilines is 2. The van der Waals surface area contributed by atoms with E-state index in [0.717, 1.165) is 30.8 Å². The molecule has 1 saturated heterocycles. The predicted octanol–water partition coefficient (Wildman–Crippen LogP) is 2.85. The van der Waals surface area contributed by atoms with Crippen LogP contribution in [0.3, 0.4) is 0 Å². The van der Waals surface area contributed by atoms with Crippen LogP contribution in [0.5, 0.6) is 0 Å². The number of carbonyl (C=O) groups excluding carboxylic acids is 2. The molecule has 168 valence electrons. The van der Waals surface area contributed by atoms with E-state index in [1.54, 1.807) is 0 Å². The minimum absolute atomic E-state index is 0.108. The van der Waals surface area contributed by atoms with Crippen LogP contribution < -0.4 is 21.0 Å². The average molecular weight is 458 g/mol. The van der Waals surface area contributed by atoms with E-state index in [4.69, 9.17) is 17.3 Å². The van der Waals surface area contributed by atoms with E-state index in [1.807, 2.05) is 18.2 Å². The Hall–Kier alpha value is -3.13. The van der Waals surface area contributed by atoms with E-state index in [1.165, 1.54) is 29.3 Å². The van der Waals surface area contributed by atoms with Crippen LogP contribution in [-0.2, 0) is 9.59 Å². The number of halogens is 2. The smallest absolute Gasteiger partial charge is 0.267 e. The van der Waals surface area contributed by atoms with Gasteiger partial charge in [-0.1, -0.05) is 17.7 Å². The van der Waals surface area contributed by atoms with Crippen LogP contribution in [0.25, 0.3) is 0 Å². The van der Waals surface area contributed by atoms with Crippen molar-refractivity contribution >= 4 is 40.5 Å². The minimum atomic E-state index is -0.783. The molecule has 9 heteroatoms. The number of hydrazone groups is 1. The number of nitrogens with one attached hydrogen (secondary N) is 1. The van der Waals surface area contributed by atoms with Crippen molar-refractivity contribution < 1.29 is 14.0 Å². The molecule has 2 unspecified atom stereocenters. The highest BCUT2D eigenvalue weighted by molar-refractivity contribution is 6.40. The Labute approximate surface area is 191 Å². The molecule has 0 aliphatic carbocycles. The minimum Gasteiger partial charge on any atom is -0.371 e. The lowest BCUT2D eigenvalue weighted by molar-refractivity contribution is -0.119. The molecule has 0 spiro atoms. The van der Waals surface area contributed by atoms with E-state index in [2.05, 4.69) is 22.2 Å². The van der Waals surface area contributed by atoms with Crippen LogP contribution in [0.1, 0.15) is 18.4 Å². The molecule has 3 N–H and O–H groups in total. The summed E-state index contributed by atoms with van der Waals surface area (Å²) >= 11 is 6.15. The Morgan fingerprint density at radius 2 is 2.00 bits per heavy atom. The molecule has 7 nitrogen and oxygen atoms in total. The zero-order valence-electron chi connectivity index (χ0n) is 17.7. The molecule has 2 aliphatic rings. The molecule has 2 atom stereocenters. The summed E-state index contributed by atoms with van der Waals surface area (Å²) in [5.41, 5.74) is 8.53. The molecule has 2 amide bonds. The number of amides is 2. The Balaban J connectivity index is 1.37. The van der Waals surface area contributed by atoms with Crippen LogP contribution in [0.15, 0.2) is 47.6 Å². The molecule has 1 fully saturated rings. The first-order chi connectivity index (χ1) is 15.3. The molecule has 4 rings (SSSR count). The fraction of sp³-hybridized carbons (Fsp3) is 0.348. The lowest BCUT2D eigenvalue weighted by atomic mass is 10.1. The average Bonchev–Trinajstić information content (AvgIpc) is 3.42. The summed E-state index contributed by atoms with van der Waals surface area (Å²) in [6.07, 6.45) is 1.06. The van der Waals surface area contributed by atoms with Crippen LogP contribution in [0.2, 0.25) is 5.02 Å². The largest absolute Gasteiger partial charge is 0.371 e. The molecule has 0 bridgehead atoms. The van der Waals surface area contributed by atoms with E-state index in [-0.39, 0.29) is 18.0 Å². The molecular formula is C23H25ClFN5O2. The third kappa shape index (κ3) is 4.70. The van der Waals surface area contributed by atoms with Gasteiger partial charge in [0.05, 0.1) is 5.69 Å². The zero-order chi connectivity index (χ0) is 22.8. The van der Waals surface area contributed by atoms with Gasteiger partial charge in [0, 0.05) is 36.8 Å². The molecule has 2 aromatic carbocycles. The van der Waals surface area contributed by atoms with Crippen molar-refractivity contribution in [2.45, 2.75) is 25.8 Å². The number of hydrogen-bond donors (Lipinski definition) is 2. The van der Waals surface area contributed by atoms with Crippen molar-refractivity contribution in [2.24, 2.45) is 16.8 Å². The van der Waals surface area contributed by atoms with Crippen molar-refractivity contribution in [3.8, 4) is 0 Å². The van der Waals surface area contributed by atoms with Gasteiger partial charge in [0.2, 0.25) is 5.91 Å². The monoisotopic (exact) mass is 457 g/mol. The zero-order valence-corrected chi connectivity index (χ0v) is 18.5. The molecule has 2 heterocycles. The van der Waals surface area contributed by atoms with Gasteiger partial charge in [-0.2, -0.15) is 5.10 Å². The second kappa shape index (κ2) is 9.16. The normalized spacial score (nSPS) is 20.4. The number of aryl methyl sites for hydroxylation is 1. The second-order valence-corrected chi connectivity index (χ2v) is 8.67. The first-order valence-corrected chi connectivity index (χ1v) is 10.9. The van der Waals surface area contributed by atoms with E-state index in [0.29, 0.717) is 23.2 Å². The fourth-order valence-electron chi connectivity index (χ4n) is 4.18. The van der Waals surface area contributed by atoms with E-state index in [9.17, 15) is 14.0 Å². The maximum absolute atomic E-state index is 13.2. The van der Waals surface area contributed by atoms with Gasteiger partial charge in [0.25, 0.3) is 5.91 Å². The third-order valence-electron chi connectivity index (χ3n) is 5.94. The lowest BCUT2D eigenvalue weighted by Gasteiger charge is -2.21. The molecule has 2 aliphatic heterocycles. The number of nitrogens with zero attached hydrogens (tertiary/aromatic N) is 3. The number of rotatable bonds is 6. The summed E-state index contributed by atoms with van der Waals surface area (Å²) in [4.78, 5) is 26.9. The van der Waals surface area contributed by atoms with Crippen molar-refractivity contribution in [2.75, 3.05) is 29.5 Å². The molecule has 0 saturated carbocycles. The number of nitrogens with two attached hydrogens (primary N) is 1. The van der Waals surface area contributed by atoms with Crippen LogP contribution in [0.4, 0.5) is 15.8 Å². The molecule has 0 aromatic heterocycles. The summed E-state index contributed by atoms with van der Waals surface area (Å²) in [5, 5.41) is 9.34. The Bertz CT molecular complexity index is 1060. The third-order valence-corrected chi connectivity index (χ3v) is 6.18. The quantitative estimate of drug-likeness (QED) is 0.697. The van der Waals surface area contributed by atoms with Crippen LogP contribution in [0, 0.1) is 18.7 Å². The number of primary amides is 1. The number of carbonyl (C=O) groups is 2. The summed E-state index contributed by atoms with van der Waals surface area (Å²) in [6, 6.07) is 10.6. The molecule has 0 radical (unpaired) electrons. The van der Waals surface area contributed by atoms with Crippen molar-refractivity contribution in [3.05, 3.63) is 58.9 Å². The topological polar surface area (TPSA) is 91.0 Å². The van der Waals surface area contributed by atoms with Gasteiger partial charge >= 0.3 is 0 Å². The summed E-state index contributed by atoms with van der Waals surface area (Å²) in [6.45, 7) is 4.27. The van der Waals surface area contributed by atoms with Crippen molar-refractivity contribution in [1.29, 1.82) is 0 Å². The standard InChI is InChI=1S/C23H25ClFN5O2/c1-14-2-3-16(24)10-20(14)29-9-8-15(13-29)12-27-23(32)19-11-21(22(26)31)30(28-19)18-6-4-17(25)5-7-18/h2-7,10,15,21H,8-9,11-13H2,1H3,(H2,26,31)(H,27,32). The summed E-state index contributed by atoms with van der Waals surface area (Å²) in [5.74, 6) is -1.02. The number of hydrogen-bond acceptors (Lipinski definition) is 5. The fourth-order valence-corrected chi connectivity index (χ4v) is 4.35. The highest BCUT2D eigenvalue weighted by Crippen LogP contribution is 2.29. The van der Waals surface area contributed by atoms with Gasteiger partial charge in [-0.15, -0.1) is 0 Å².